The standard InChI is InChI=1S/C23H30N2/c1-18-10-9-11-19(2)24(18)16-7-8-17-25-22-14-5-3-12-20(22)21-13-4-6-15-23(21)25/h3-6,12-15,18-19H,7-11,16-17H2,1-2H3/p+1/t18-,19+. The van der Waals surface area contributed by atoms with Crippen molar-refractivity contribution in [2.45, 2.75) is 64.6 Å². The van der Waals surface area contributed by atoms with Crippen LogP contribution in [0.3, 0.4) is 0 Å². The van der Waals surface area contributed by atoms with Crippen LogP contribution in [0.1, 0.15) is 46.0 Å². The van der Waals surface area contributed by atoms with E-state index < -0.39 is 0 Å². The Kier molecular flexibility index (Phi) is 4.80. The molecule has 2 aromatic carbocycles. The molecule has 0 spiro atoms. The highest BCUT2D eigenvalue weighted by atomic mass is 15.2. The lowest BCUT2D eigenvalue weighted by atomic mass is 9.97. The van der Waals surface area contributed by atoms with Gasteiger partial charge in [0.25, 0.3) is 0 Å². The number of nitrogens with one attached hydrogen (secondary N) is 1. The second-order valence-corrected chi connectivity index (χ2v) is 7.95. The Hall–Kier alpha value is -1.80. The van der Waals surface area contributed by atoms with Crippen LogP contribution >= 0.6 is 0 Å². The fraction of sp³-hybridized carbons (Fsp3) is 0.478. The highest BCUT2D eigenvalue weighted by Crippen LogP contribution is 2.28. The molecule has 1 saturated heterocycles. The number of piperidine rings is 1. The van der Waals surface area contributed by atoms with Gasteiger partial charge in [0.15, 0.2) is 0 Å². The SMILES string of the molecule is C[C@@H]1CCC[C@H](C)[NH+]1CCCCn1c2ccccc2c2ccccc21. The average Bonchev–Trinajstić information content (AvgIpc) is 2.95. The molecule has 3 aromatic rings. The minimum Gasteiger partial charge on any atom is -0.340 e. The van der Waals surface area contributed by atoms with Gasteiger partial charge in [-0.3, -0.25) is 0 Å². The third kappa shape index (κ3) is 3.20. The van der Waals surface area contributed by atoms with Crippen LogP contribution in [-0.2, 0) is 6.54 Å². The predicted octanol–water partition coefficient (Wildman–Crippen LogP) is 4.42. The Morgan fingerprint density at radius 1 is 0.840 bits per heavy atom. The molecular formula is C23H31N2+. The highest BCUT2D eigenvalue weighted by Gasteiger charge is 2.27. The zero-order valence-corrected chi connectivity index (χ0v) is 15.7. The molecule has 0 radical (unpaired) electrons. The number of quaternary nitrogens is 1. The van der Waals surface area contributed by atoms with Gasteiger partial charge < -0.3 is 9.47 Å². The van der Waals surface area contributed by atoms with E-state index in [-0.39, 0.29) is 0 Å². The molecule has 25 heavy (non-hydrogen) atoms. The number of aromatic nitrogens is 1. The molecule has 1 fully saturated rings. The lowest BCUT2D eigenvalue weighted by Gasteiger charge is -2.35. The third-order valence-electron chi connectivity index (χ3n) is 6.32. The monoisotopic (exact) mass is 335 g/mol. The molecule has 132 valence electrons. The van der Waals surface area contributed by atoms with Crippen LogP contribution in [0.15, 0.2) is 48.5 Å². The normalized spacial score (nSPS) is 24.2. The van der Waals surface area contributed by atoms with E-state index in [2.05, 4.69) is 66.9 Å². The van der Waals surface area contributed by atoms with Gasteiger partial charge >= 0.3 is 0 Å². The fourth-order valence-corrected chi connectivity index (χ4v) is 4.92. The van der Waals surface area contributed by atoms with Crippen molar-refractivity contribution in [1.29, 1.82) is 0 Å². The molecule has 2 heterocycles. The number of para-hydroxylation sites is 2. The predicted molar refractivity (Wildman–Crippen MR) is 107 cm³/mol. The van der Waals surface area contributed by atoms with Crippen molar-refractivity contribution >= 4 is 21.8 Å². The summed E-state index contributed by atoms with van der Waals surface area (Å²) in [5, 5.41) is 2.78. The molecule has 4 rings (SSSR count). The molecule has 1 aromatic heterocycles. The Morgan fingerprint density at radius 3 is 2.00 bits per heavy atom. The van der Waals surface area contributed by atoms with E-state index >= 15 is 0 Å². The van der Waals surface area contributed by atoms with Crippen molar-refractivity contribution in [1.82, 2.24) is 4.57 Å². The zero-order chi connectivity index (χ0) is 17.2. The Bertz CT molecular complexity index is 784. The number of aryl methyl sites for hydroxylation is 1. The first kappa shape index (κ1) is 16.7. The maximum atomic E-state index is 2.53. The van der Waals surface area contributed by atoms with Gasteiger partial charge in [-0.15, -0.1) is 0 Å². The molecule has 1 unspecified atom stereocenters. The van der Waals surface area contributed by atoms with E-state index in [4.69, 9.17) is 0 Å². The van der Waals surface area contributed by atoms with Gasteiger partial charge in [-0.1, -0.05) is 36.4 Å². The van der Waals surface area contributed by atoms with E-state index in [1.165, 1.54) is 60.5 Å². The second-order valence-electron chi connectivity index (χ2n) is 7.95. The summed E-state index contributed by atoms with van der Waals surface area (Å²) in [5.41, 5.74) is 2.77. The lowest BCUT2D eigenvalue weighted by molar-refractivity contribution is -0.951. The van der Waals surface area contributed by atoms with Crippen LogP contribution in [0, 0.1) is 0 Å². The quantitative estimate of drug-likeness (QED) is 0.661. The van der Waals surface area contributed by atoms with Crippen molar-refractivity contribution in [3.8, 4) is 0 Å². The van der Waals surface area contributed by atoms with Gasteiger partial charge in [0.05, 0.1) is 18.6 Å². The molecule has 2 nitrogen and oxygen atoms in total. The summed E-state index contributed by atoms with van der Waals surface area (Å²) in [6.07, 6.45) is 6.84. The molecule has 1 aliphatic rings. The Balaban J connectivity index is 1.47. The minimum atomic E-state index is 0.844. The van der Waals surface area contributed by atoms with E-state index in [9.17, 15) is 0 Å². The first-order valence-corrected chi connectivity index (χ1v) is 10.1. The molecule has 1 N–H and O–H groups in total. The van der Waals surface area contributed by atoms with Gasteiger partial charge in [-0.2, -0.15) is 0 Å². The number of rotatable bonds is 5. The largest absolute Gasteiger partial charge is 0.340 e. The van der Waals surface area contributed by atoms with Crippen LogP contribution in [0.2, 0.25) is 0 Å². The lowest BCUT2D eigenvalue weighted by Crippen LogP contribution is -3.19. The summed E-state index contributed by atoms with van der Waals surface area (Å²) in [6.45, 7) is 7.35. The molecule has 1 aliphatic heterocycles. The first-order chi connectivity index (χ1) is 12.3. The summed E-state index contributed by atoms with van der Waals surface area (Å²) < 4.78 is 2.53. The molecular weight excluding hydrogens is 304 g/mol. The summed E-state index contributed by atoms with van der Waals surface area (Å²) in [7, 11) is 0. The maximum absolute atomic E-state index is 2.53. The topological polar surface area (TPSA) is 9.37 Å². The Morgan fingerprint density at radius 2 is 1.40 bits per heavy atom. The van der Waals surface area contributed by atoms with Crippen molar-refractivity contribution in [2.75, 3.05) is 6.54 Å². The Labute approximate surface area is 151 Å². The van der Waals surface area contributed by atoms with Crippen LogP contribution in [0.25, 0.3) is 21.8 Å². The molecule has 3 atom stereocenters. The number of unbranched alkanes of at least 4 members (excludes halogenated alkanes) is 1. The number of benzene rings is 2. The number of likely N-dealkylation sites (tertiary alicyclic amines) is 1. The van der Waals surface area contributed by atoms with Crippen LogP contribution in [0.4, 0.5) is 0 Å². The zero-order valence-electron chi connectivity index (χ0n) is 15.7. The number of fused-ring (bicyclic) bond motifs is 3. The van der Waals surface area contributed by atoms with Crippen molar-refractivity contribution in [3.63, 3.8) is 0 Å². The smallest absolute Gasteiger partial charge is 0.0848 e. The van der Waals surface area contributed by atoms with Gasteiger partial charge in [-0.25, -0.2) is 0 Å². The highest BCUT2D eigenvalue weighted by molar-refractivity contribution is 6.07. The van der Waals surface area contributed by atoms with Crippen molar-refractivity contribution < 1.29 is 4.90 Å². The maximum Gasteiger partial charge on any atom is 0.0848 e. The number of hydrogen-bond acceptors (Lipinski definition) is 0. The molecule has 0 saturated carbocycles. The number of nitrogens with zero attached hydrogens (tertiary/aromatic N) is 1. The number of hydrogen-bond donors (Lipinski definition) is 1. The molecule has 0 amide bonds. The second kappa shape index (κ2) is 7.21. The van der Waals surface area contributed by atoms with E-state index in [0.29, 0.717) is 0 Å². The summed E-state index contributed by atoms with van der Waals surface area (Å²) in [4.78, 5) is 1.84. The molecule has 0 aliphatic carbocycles. The van der Waals surface area contributed by atoms with Crippen LogP contribution in [-0.4, -0.2) is 23.2 Å². The van der Waals surface area contributed by atoms with Crippen molar-refractivity contribution in [2.24, 2.45) is 0 Å². The van der Waals surface area contributed by atoms with Crippen LogP contribution in [0.5, 0.6) is 0 Å². The fourth-order valence-electron chi connectivity index (χ4n) is 4.92. The van der Waals surface area contributed by atoms with E-state index in [1.807, 2.05) is 4.90 Å². The summed E-state index contributed by atoms with van der Waals surface area (Å²) in [5.74, 6) is 0. The van der Waals surface area contributed by atoms with E-state index in [0.717, 1.165) is 18.6 Å². The summed E-state index contributed by atoms with van der Waals surface area (Å²) >= 11 is 0. The minimum absolute atomic E-state index is 0.844. The van der Waals surface area contributed by atoms with E-state index in [1.54, 1.807) is 0 Å². The average molecular weight is 336 g/mol. The third-order valence-corrected chi connectivity index (χ3v) is 6.32. The van der Waals surface area contributed by atoms with Gasteiger partial charge in [-0.05, 0) is 58.1 Å². The van der Waals surface area contributed by atoms with Gasteiger partial charge in [0.2, 0.25) is 0 Å². The molecule has 2 heteroatoms. The first-order valence-electron chi connectivity index (χ1n) is 10.1. The van der Waals surface area contributed by atoms with Crippen molar-refractivity contribution in [3.05, 3.63) is 48.5 Å². The van der Waals surface area contributed by atoms with Gasteiger partial charge in [0.1, 0.15) is 0 Å². The van der Waals surface area contributed by atoms with Crippen LogP contribution < -0.4 is 4.90 Å². The molecule has 0 bridgehead atoms. The van der Waals surface area contributed by atoms with Gasteiger partial charge in [0, 0.05) is 28.4 Å². The summed E-state index contributed by atoms with van der Waals surface area (Å²) in [6, 6.07) is 19.4.